The van der Waals surface area contributed by atoms with Crippen molar-refractivity contribution in [2.45, 2.75) is 13.3 Å². The zero-order valence-electron chi connectivity index (χ0n) is 20.3. The molecule has 2 fully saturated rings. The van der Waals surface area contributed by atoms with Crippen molar-refractivity contribution in [2.24, 2.45) is 5.41 Å². The molecule has 7 nitrogen and oxygen atoms in total. The van der Waals surface area contributed by atoms with Crippen LogP contribution in [0.3, 0.4) is 0 Å². The van der Waals surface area contributed by atoms with Gasteiger partial charge in [-0.2, -0.15) is 10.4 Å². The first-order chi connectivity index (χ1) is 17.3. The Hall–Kier alpha value is -3.55. The van der Waals surface area contributed by atoms with Crippen LogP contribution in [-0.4, -0.2) is 59.8 Å². The number of nitrogens with zero attached hydrogens (tertiary/aromatic N) is 7. The Morgan fingerprint density at radius 2 is 1.89 bits per heavy atom. The highest BCUT2D eigenvalue weighted by molar-refractivity contribution is 7.16. The van der Waals surface area contributed by atoms with E-state index in [-0.39, 0.29) is 17.0 Å². The minimum atomic E-state index is -0.343. The Kier molecular flexibility index (Phi) is 5.24. The molecule has 2 saturated heterocycles. The molecule has 3 aromatic heterocycles. The van der Waals surface area contributed by atoms with Gasteiger partial charge in [0.05, 0.1) is 28.8 Å². The highest BCUT2D eigenvalue weighted by Gasteiger charge is 2.50. The third kappa shape index (κ3) is 3.53. The molecule has 0 atom stereocenters. The Bertz CT molecular complexity index is 1500. The highest BCUT2D eigenvalue weighted by atomic mass is 32.1. The Morgan fingerprint density at radius 3 is 2.53 bits per heavy atom. The van der Waals surface area contributed by atoms with Crippen LogP contribution in [-0.2, 0) is 6.42 Å². The van der Waals surface area contributed by atoms with Gasteiger partial charge in [0.15, 0.2) is 10.9 Å². The summed E-state index contributed by atoms with van der Waals surface area (Å²) in [7, 11) is 4.00. The van der Waals surface area contributed by atoms with Gasteiger partial charge in [-0.25, -0.2) is 18.3 Å². The summed E-state index contributed by atoms with van der Waals surface area (Å²) in [6.07, 6.45) is 2.10. The van der Waals surface area contributed by atoms with Crippen molar-refractivity contribution >= 4 is 33.4 Å². The van der Waals surface area contributed by atoms with E-state index in [2.05, 4.69) is 28.0 Å². The lowest BCUT2D eigenvalue weighted by Gasteiger charge is -2.60. The average Bonchev–Trinajstić information content (AvgIpc) is 3.41. The summed E-state index contributed by atoms with van der Waals surface area (Å²) in [4.78, 5) is 11.5. The van der Waals surface area contributed by atoms with Crippen molar-refractivity contribution in [3.05, 3.63) is 58.7 Å². The van der Waals surface area contributed by atoms with E-state index in [1.165, 1.54) is 29.7 Å². The number of nitriles is 1. The molecule has 0 N–H and O–H groups in total. The van der Waals surface area contributed by atoms with Crippen molar-refractivity contribution in [2.75, 3.05) is 50.1 Å². The molecule has 0 radical (unpaired) electrons. The maximum atomic E-state index is 15.1. The first kappa shape index (κ1) is 22.9. The quantitative estimate of drug-likeness (QED) is 0.392. The van der Waals surface area contributed by atoms with E-state index in [1.807, 2.05) is 24.9 Å². The molecule has 0 amide bonds. The lowest BCUT2D eigenvalue weighted by molar-refractivity contribution is -0.00270. The number of hydrogen-bond acceptors (Lipinski definition) is 7. The molecule has 4 aromatic rings. The van der Waals surface area contributed by atoms with Gasteiger partial charge in [0.2, 0.25) is 0 Å². The SMILES string of the molecule is CCc1nn2cc(F)c(N3CC4(CN(C)C4)C3)cc2c1N(C)c1nc(-c2ccc(F)cc2)c(C#N)s1. The summed E-state index contributed by atoms with van der Waals surface area (Å²) in [5.41, 5.74) is 4.50. The average molecular weight is 506 g/mol. The second-order valence-electron chi connectivity index (χ2n) is 9.87. The number of anilines is 3. The minimum Gasteiger partial charge on any atom is -0.368 e. The molecule has 10 heteroatoms. The number of halogens is 2. The van der Waals surface area contributed by atoms with Crippen molar-refractivity contribution in [1.82, 2.24) is 19.5 Å². The summed E-state index contributed by atoms with van der Waals surface area (Å²) in [5.74, 6) is -0.631. The van der Waals surface area contributed by atoms with E-state index in [9.17, 15) is 9.65 Å². The third-order valence-electron chi connectivity index (χ3n) is 7.14. The topological polar surface area (TPSA) is 63.7 Å². The van der Waals surface area contributed by atoms with Gasteiger partial charge in [0.25, 0.3) is 0 Å². The van der Waals surface area contributed by atoms with Crippen LogP contribution in [0, 0.1) is 28.4 Å². The Morgan fingerprint density at radius 1 is 1.17 bits per heavy atom. The van der Waals surface area contributed by atoms with Crippen molar-refractivity contribution in [3.63, 3.8) is 0 Å². The number of hydrogen-bond donors (Lipinski definition) is 0. The zero-order valence-corrected chi connectivity index (χ0v) is 21.1. The monoisotopic (exact) mass is 505 g/mol. The molecule has 2 aliphatic heterocycles. The second kappa shape index (κ2) is 8.25. The Labute approximate surface area is 211 Å². The van der Waals surface area contributed by atoms with Crippen molar-refractivity contribution in [3.8, 4) is 17.3 Å². The summed E-state index contributed by atoms with van der Waals surface area (Å²) < 4.78 is 30.2. The lowest BCUT2D eigenvalue weighted by atomic mass is 9.73. The summed E-state index contributed by atoms with van der Waals surface area (Å²) >= 11 is 1.27. The normalized spacial score (nSPS) is 16.7. The largest absolute Gasteiger partial charge is 0.368 e. The molecule has 0 aliphatic carbocycles. The number of fused-ring (bicyclic) bond motifs is 1. The van der Waals surface area contributed by atoms with Gasteiger partial charge in [-0.15, -0.1) is 0 Å². The molecule has 184 valence electrons. The van der Waals surface area contributed by atoms with E-state index < -0.39 is 0 Å². The molecule has 36 heavy (non-hydrogen) atoms. The molecule has 0 saturated carbocycles. The smallest absolute Gasteiger partial charge is 0.191 e. The van der Waals surface area contributed by atoms with E-state index in [1.54, 1.807) is 16.6 Å². The van der Waals surface area contributed by atoms with Crippen LogP contribution in [0.15, 0.2) is 36.5 Å². The molecule has 0 bridgehead atoms. The number of aryl methyl sites for hydroxylation is 1. The predicted octanol–water partition coefficient (Wildman–Crippen LogP) is 4.69. The maximum absolute atomic E-state index is 15.1. The minimum absolute atomic E-state index is 0.285. The molecular formula is C26H25F2N7S. The second-order valence-corrected chi connectivity index (χ2v) is 10.8. The number of rotatable bonds is 5. The first-order valence-electron chi connectivity index (χ1n) is 11.9. The maximum Gasteiger partial charge on any atom is 0.191 e. The number of thiazole rings is 1. The summed E-state index contributed by atoms with van der Waals surface area (Å²) in [6, 6.07) is 10.1. The summed E-state index contributed by atoms with van der Waals surface area (Å²) in [6.45, 7) is 5.81. The van der Waals surface area contributed by atoms with Crippen molar-refractivity contribution in [1.29, 1.82) is 5.26 Å². The van der Waals surface area contributed by atoms with E-state index in [0.29, 0.717) is 33.4 Å². The van der Waals surface area contributed by atoms with Crippen LogP contribution < -0.4 is 9.80 Å². The van der Waals surface area contributed by atoms with Crippen LogP contribution in [0.25, 0.3) is 16.8 Å². The molecule has 1 aromatic carbocycles. The fourth-order valence-corrected chi connectivity index (χ4v) is 6.45. The van der Waals surface area contributed by atoms with Gasteiger partial charge in [-0.3, -0.25) is 0 Å². The van der Waals surface area contributed by atoms with Gasteiger partial charge in [0, 0.05) is 44.2 Å². The van der Waals surface area contributed by atoms with Crippen molar-refractivity contribution < 1.29 is 8.78 Å². The van der Waals surface area contributed by atoms with E-state index in [0.717, 1.165) is 43.1 Å². The third-order valence-corrected chi connectivity index (χ3v) is 8.18. The van der Waals surface area contributed by atoms with Gasteiger partial charge in [-0.05, 0) is 43.8 Å². The van der Waals surface area contributed by atoms with Crippen LogP contribution in [0.4, 0.5) is 25.3 Å². The van der Waals surface area contributed by atoms with Gasteiger partial charge >= 0.3 is 0 Å². The van der Waals surface area contributed by atoms with E-state index >= 15 is 4.39 Å². The number of benzene rings is 1. The van der Waals surface area contributed by atoms with Gasteiger partial charge in [0.1, 0.15) is 22.5 Å². The van der Waals surface area contributed by atoms with Gasteiger partial charge in [-0.1, -0.05) is 18.3 Å². The van der Waals surface area contributed by atoms with Crippen LogP contribution >= 0.6 is 11.3 Å². The first-order valence-corrected chi connectivity index (χ1v) is 12.7. The number of pyridine rings is 1. The lowest BCUT2D eigenvalue weighted by Crippen LogP contribution is -2.71. The molecular weight excluding hydrogens is 480 g/mol. The summed E-state index contributed by atoms with van der Waals surface area (Å²) in [5, 5.41) is 15.0. The van der Waals surface area contributed by atoms with E-state index in [4.69, 9.17) is 4.98 Å². The van der Waals surface area contributed by atoms with Crippen LogP contribution in [0.1, 0.15) is 17.5 Å². The van der Waals surface area contributed by atoms with Crippen LogP contribution in [0.2, 0.25) is 0 Å². The zero-order chi connectivity index (χ0) is 25.2. The molecule has 2 aliphatic rings. The predicted molar refractivity (Wildman–Crippen MR) is 137 cm³/mol. The number of likely N-dealkylation sites (tertiary alicyclic amines) is 1. The molecule has 0 unspecified atom stereocenters. The standard InChI is InChI=1S/C26H25F2N7S/c1-4-19-24(33(3)25-30-23(22(10-29)36-25)16-5-7-17(27)8-6-16)21-9-20(18(28)11-35(21)31-19)34-14-26(15-34)12-32(2)13-26/h5-9,11H,4,12-15H2,1-3H3. The van der Waals surface area contributed by atoms with Crippen LogP contribution in [0.5, 0.6) is 0 Å². The fourth-order valence-electron chi connectivity index (χ4n) is 5.60. The fraction of sp³-hybridized carbons (Fsp3) is 0.346. The molecule has 5 heterocycles. The molecule has 1 spiro atoms. The Balaban J connectivity index is 1.39. The number of aromatic nitrogens is 3. The molecule has 6 rings (SSSR count). The van der Waals surface area contributed by atoms with Gasteiger partial charge < -0.3 is 14.7 Å². The highest BCUT2D eigenvalue weighted by Crippen LogP contribution is 2.44.